The average molecular weight is 227 g/mol. The van der Waals surface area contributed by atoms with Gasteiger partial charge in [-0.15, -0.1) is 0 Å². The van der Waals surface area contributed by atoms with E-state index in [0.29, 0.717) is 18.9 Å². The number of carbonyl (C=O) groups excluding carboxylic acids is 1. The Hall–Kier alpha value is -0.570. The third-order valence-corrected chi connectivity index (χ3v) is 3.74. The quantitative estimate of drug-likeness (QED) is 0.709. The number of rotatable bonds is 6. The van der Waals surface area contributed by atoms with Gasteiger partial charge in [-0.3, -0.25) is 4.79 Å². The molecule has 0 aliphatic heterocycles. The minimum atomic E-state index is -0.0520. The van der Waals surface area contributed by atoms with Crippen molar-refractivity contribution >= 4 is 5.97 Å². The molecule has 1 fully saturated rings. The molecule has 16 heavy (non-hydrogen) atoms. The zero-order valence-corrected chi connectivity index (χ0v) is 10.8. The first-order valence-electron chi connectivity index (χ1n) is 6.59. The van der Waals surface area contributed by atoms with Crippen LogP contribution in [0.4, 0.5) is 0 Å². The summed E-state index contributed by atoms with van der Waals surface area (Å²) in [5.74, 6) is 0.570. The van der Waals surface area contributed by atoms with E-state index >= 15 is 0 Å². The Morgan fingerprint density at radius 2 is 2.19 bits per heavy atom. The number of ether oxygens (including phenoxy) is 1. The predicted octanol–water partition coefficient (Wildman–Crippen LogP) is 2.50. The molecule has 1 N–H and O–H groups in total. The number of hydrogen-bond donors (Lipinski definition) is 1. The van der Waals surface area contributed by atoms with Gasteiger partial charge in [-0.2, -0.15) is 0 Å². The van der Waals surface area contributed by atoms with Gasteiger partial charge in [0, 0.05) is 5.54 Å². The van der Waals surface area contributed by atoms with Gasteiger partial charge in [0.1, 0.15) is 0 Å². The lowest BCUT2D eigenvalue weighted by molar-refractivity contribution is -0.145. The first-order valence-corrected chi connectivity index (χ1v) is 6.59. The van der Waals surface area contributed by atoms with Crippen LogP contribution in [0.3, 0.4) is 0 Å². The van der Waals surface area contributed by atoms with Crippen LogP contribution >= 0.6 is 0 Å². The normalized spacial score (nSPS) is 29.3. The van der Waals surface area contributed by atoms with Crippen molar-refractivity contribution in [2.75, 3.05) is 13.2 Å². The van der Waals surface area contributed by atoms with Gasteiger partial charge in [0.15, 0.2) is 0 Å². The number of hydrogen-bond acceptors (Lipinski definition) is 3. The molecule has 0 radical (unpaired) electrons. The van der Waals surface area contributed by atoms with Crippen molar-refractivity contribution in [1.82, 2.24) is 5.32 Å². The summed E-state index contributed by atoms with van der Waals surface area (Å²) >= 11 is 0. The van der Waals surface area contributed by atoms with Crippen LogP contribution in [0.15, 0.2) is 0 Å². The van der Waals surface area contributed by atoms with Crippen molar-refractivity contribution in [2.24, 2.45) is 5.92 Å². The van der Waals surface area contributed by atoms with E-state index in [1.807, 2.05) is 6.92 Å². The van der Waals surface area contributed by atoms with Gasteiger partial charge < -0.3 is 10.1 Å². The maximum absolute atomic E-state index is 11.7. The van der Waals surface area contributed by atoms with E-state index in [-0.39, 0.29) is 11.5 Å². The van der Waals surface area contributed by atoms with Crippen LogP contribution in [-0.2, 0) is 9.53 Å². The van der Waals surface area contributed by atoms with E-state index in [9.17, 15) is 4.79 Å². The highest BCUT2D eigenvalue weighted by atomic mass is 16.5. The molecule has 1 saturated carbocycles. The van der Waals surface area contributed by atoms with Crippen molar-refractivity contribution in [3.05, 3.63) is 0 Å². The van der Waals surface area contributed by atoms with E-state index in [4.69, 9.17) is 4.74 Å². The molecule has 3 heteroatoms. The van der Waals surface area contributed by atoms with Crippen LogP contribution in [0.2, 0.25) is 0 Å². The van der Waals surface area contributed by atoms with E-state index in [1.165, 1.54) is 12.8 Å². The third-order valence-electron chi connectivity index (χ3n) is 3.74. The lowest BCUT2D eigenvalue weighted by atomic mass is 9.82. The Balaban J connectivity index is 2.67. The summed E-state index contributed by atoms with van der Waals surface area (Å²) in [5.41, 5.74) is 0.00968. The topological polar surface area (TPSA) is 38.3 Å². The standard InChI is InChI=1S/C13H25NO2/c1-4-11-8-7-9-13(11,14-5-2)10-12(15)16-6-3/h11,14H,4-10H2,1-3H3. The number of carbonyl (C=O) groups is 1. The maximum atomic E-state index is 11.7. The fourth-order valence-electron chi connectivity index (χ4n) is 3.09. The smallest absolute Gasteiger partial charge is 0.307 e. The summed E-state index contributed by atoms with van der Waals surface area (Å²) in [5, 5.41) is 3.55. The molecule has 0 aromatic rings. The van der Waals surface area contributed by atoms with Crippen LogP contribution in [0, 0.1) is 5.92 Å². The Morgan fingerprint density at radius 1 is 1.44 bits per heavy atom. The van der Waals surface area contributed by atoms with E-state index in [0.717, 1.165) is 19.4 Å². The Morgan fingerprint density at radius 3 is 2.75 bits per heavy atom. The first kappa shape index (κ1) is 13.5. The molecule has 3 nitrogen and oxygen atoms in total. The van der Waals surface area contributed by atoms with Crippen LogP contribution in [0.1, 0.15) is 52.9 Å². The fourth-order valence-corrected chi connectivity index (χ4v) is 3.09. The van der Waals surface area contributed by atoms with Crippen molar-refractivity contribution in [3.63, 3.8) is 0 Å². The second kappa shape index (κ2) is 6.24. The minimum Gasteiger partial charge on any atom is -0.466 e. The maximum Gasteiger partial charge on any atom is 0.307 e. The molecule has 0 heterocycles. The fraction of sp³-hybridized carbons (Fsp3) is 0.923. The highest BCUT2D eigenvalue weighted by Gasteiger charge is 2.42. The molecule has 0 saturated heterocycles. The molecule has 1 rings (SSSR count). The molecule has 94 valence electrons. The zero-order valence-electron chi connectivity index (χ0n) is 10.8. The van der Waals surface area contributed by atoms with Crippen LogP contribution < -0.4 is 5.32 Å². The SMILES string of the molecule is CCNC1(CC(=O)OCC)CCCC1CC. The van der Waals surface area contributed by atoms with Gasteiger partial charge in [-0.25, -0.2) is 0 Å². The van der Waals surface area contributed by atoms with E-state index < -0.39 is 0 Å². The molecule has 2 unspecified atom stereocenters. The van der Waals surface area contributed by atoms with Crippen molar-refractivity contribution in [2.45, 2.75) is 58.4 Å². The number of esters is 1. The molecule has 0 aromatic heterocycles. The molecule has 1 aliphatic carbocycles. The van der Waals surface area contributed by atoms with Crippen LogP contribution in [0.25, 0.3) is 0 Å². The van der Waals surface area contributed by atoms with Crippen molar-refractivity contribution < 1.29 is 9.53 Å². The van der Waals surface area contributed by atoms with Crippen LogP contribution in [0.5, 0.6) is 0 Å². The largest absolute Gasteiger partial charge is 0.466 e. The van der Waals surface area contributed by atoms with E-state index in [1.54, 1.807) is 0 Å². The molecule has 0 amide bonds. The highest BCUT2D eigenvalue weighted by molar-refractivity contribution is 5.71. The second-order valence-corrected chi connectivity index (χ2v) is 4.67. The predicted molar refractivity (Wildman–Crippen MR) is 65.3 cm³/mol. The van der Waals surface area contributed by atoms with Gasteiger partial charge in [0.2, 0.25) is 0 Å². The lowest BCUT2D eigenvalue weighted by Crippen LogP contribution is -2.49. The monoisotopic (exact) mass is 227 g/mol. The summed E-state index contributed by atoms with van der Waals surface area (Å²) in [6, 6.07) is 0. The Labute approximate surface area is 98.9 Å². The summed E-state index contributed by atoms with van der Waals surface area (Å²) in [6.07, 6.45) is 5.26. The van der Waals surface area contributed by atoms with Crippen LogP contribution in [-0.4, -0.2) is 24.7 Å². The zero-order chi connectivity index (χ0) is 12.0. The Kier molecular flexibility index (Phi) is 5.26. The third kappa shape index (κ3) is 2.97. The Bertz CT molecular complexity index is 230. The van der Waals surface area contributed by atoms with Crippen molar-refractivity contribution in [1.29, 1.82) is 0 Å². The first-order chi connectivity index (χ1) is 7.68. The molecule has 0 bridgehead atoms. The van der Waals surface area contributed by atoms with Gasteiger partial charge in [0.25, 0.3) is 0 Å². The van der Waals surface area contributed by atoms with Crippen molar-refractivity contribution in [3.8, 4) is 0 Å². The molecule has 0 spiro atoms. The highest BCUT2D eigenvalue weighted by Crippen LogP contribution is 2.40. The second-order valence-electron chi connectivity index (χ2n) is 4.67. The minimum absolute atomic E-state index is 0.00968. The molecule has 0 aromatic carbocycles. The molecule has 2 atom stereocenters. The number of nitrogens with one attached hydrogen (secondary N) is 1. The molecular weight excluding hydrogens is 202 g/mol. The lowest BCUT2D eigenvalue weighted by Gasteiger charge is -2.35. The van der Waals surface area contributed by atoms with Gasteiger partial charge in [0.05, 0.1) is 13.0 Å². The van der Waals surface area contributed by atoms with Gasteiger partial charge in [-0.05, 0) is 32.2 Å². The molecular formula is C13H25NO2. The summed E-state index contributed by atoms with van der Waals surface area (Å²) < 4.78 is 5.09. The summed E-state index contributed by atoms with van der Waals surface area (Å²) in [7, 11) is 0. The summed E-state index contributed by atoms with van der Waals surface area (Å²) in [4.78, 5) is 11.7. The van der Waals surface area contributed by atoms with E-state index in [2.05, 4.69) is 19.2 Å². The summed E-state index contributed by atoms with van der Waals surface area (Å²) in [6.45, 7) is 7.60. The van der Waals surface area contributed by atoms with Gasteiger partial charge in [-0.1, -0.05) is 26.7 Å². The molecule has 1 aliphatic rings. The van der Waals surface area contributed by atoms with Gasteiger partial charge >= 0.3 is 5.97 Å². The average Bonchev–Trinajstić information content (AvgIpc) is 2.61.